The minimum Gasteiger partial charge on any atom is -0.390 e. The number of nitrogens with one attached hydrogen (secondary N) is 1. The first-order valence-corrected chi connectivity index (χ1v) is 10.5. The van der Waals surface area contributed by atoms with E-state index in [1.807, 2.05) is 0 Å². The van der Waals surface area contributed by atoms with Crippen molar-refractivity contribution in [3.8, 4) is 0 Å². The lowest BCUT2D eigenvalue weighted by Crippen LogP contribution is -2.52. The molecule has 1 heterocycles. The van der Waals surface area contributed by atoms with Gasteiger partial charge in [0.15, 0.2) is 6.10 Å². The minimum absolute atomic E-state index is 0.00287. The van der Waals surface area contributed by atoms with Gasteiger partial charge in [0.05, 0.1) is 25.4 Å². The van der Waals surface area contributed by atoms with Gasteiger partial charge in [0, 0.05) is 39.9 Å². The smallest absolute Gasteiger partial charge is 0.252 e. The number of carbonyl (C=O) groups is 1. The van der Waals surface area contributed by atoms with Crippen LogP contribution >= 0.6 is 0 Å². The summed E-state index contributed by atoms with van der Waals surface area (Å²) in [5, 5.41) is 13.4. The van der Waals surface area contributed by atoms with Crippen molar-refractivity contribution in [1.29, 1.82) is 0 Å². The molecular weight excluding hydrogens is 348 g/mol. The van der Waals surface area contributed by atoms with Gasteiger partial charge in [-0.3, -0.25) is 9.69 Å². The third-order valence-electron chi connectivity index (χ3n) is 5.67. The molecule has 1 saturated heterocycles. The van der Waals surface area contributed by atoms with Gasteiger partial charge in [-0.2, -0.15) is 0 Å². The SMILES string of the molecule is COCCN(CCOC)CC[C@@H]1CC[C@H](O)[C@@H](C(=O)NC2CCCCC2)O1. The number of amides is 1. The molecule has 0 spiro atoms. The van der Waals surface area contributed by atoms with Crippen LogP contribution in [0.5, 0.6) is 0 Å². The first-order chi connectivity index (χ1) is 13.1. The zero-order chi connectivity index (χ0) is 19.5. The van der Waals surface area contributed by atoms with E-state index in [9.17, 15) is 9.90 Å². The lowest BCUT2D eigenvalue weighted by molar-refractivity contribution is -0.159. The van der Waals surface area contributed by atoms with Gasteiger partial charge in [0.25, 0.3) is 5.91 Å². The Balaban J connectivity index is 1.79. The molecule has 1 amide bonds. The average molecular weight is 387 g/mol. The molecule has 0 bridgehead atoms. The fourth-order valence-electron chi connectivity index (χ4n) is 3.96. The van der Waals surface area contributed by atoms with Crippen LogP contribution in [0.15, 0.2) is 0 Å². The van der Waals surface area contributed by atoms with E-state index in [2.05, 4.69) is 10.2 Å². The Bertz CT molecular complexity index is 409. The maximum Gasteiger partial charge on any atom is 0.252 e. The monoisotopic (exact) mass is 386 g/mol. The number of hydrogen-bond donors (Lipinski definition) is 2. The predicted octanol–water partition coefficient (Wildman–Crippen LogP) is 1.33. The number of hydrogen-bond acceptors (Lipinski definition) is 6. The molecule has 7 nitrogen and oxygen atoms in total. The summed E-state index contributed by atoms with van der Waals surface area (Å²) in [4.78, 5) is 14.9. The summed E-state index contributed by atoms with van der Waals surface area (Å²) in [6.07, 6.45) is 6.45. The quantitative estimate of drug-likeness (QED) is 0.558. The number of nitrogens with zero attached hydrogens (tertiary/aromatic N) is 1. The molecule has 3 atom stereocenters. The van der Waals surface area contributed by atoms with Gasteiger partial charge in [-0.1, -0.05) is 19.3 Å². The van der Waals surface area contributed by atoms with Crippen molar-refractivity contribution in [3.63, 3.8) is 0 Å². The highest BCUT2D eigenvalue weighted by Gasteiger charge is 2.36. The number of aliphatic hydroxyl groups excluding tert-OH is 1. The molecule has 0 aromatic carbocycles. The highest BCUT2D eigenvalue weighted by Crippen LogP contribution is 2.24. The Kier molecular flexibility index (Phi) is 10.6. The number of methoxy groups -OCH3 is 2. The normalized spacial score (nSPS) is 27.0. The fourth-order valence-corrected chi connectivity index (χ4v) is 3.96. The molecule has 2 aliphatic rings. The van der Waals surface area contributed by atoms with Crippen molar-refractivity contribution in [3.05, 3.63) is 0 Å². The lowest BCUT2D eigenvalue weighted by atomic mass is 9.94. The molecule has 1 saturated carbocycles. The van der Waals surface area contributed by atoms with Crippen molar-refractivity contribution in [2.75, 3.05) is 47.1 Å². The van der Waals surface area contributed by atoms with E-state index < -0.39 is 12.2 Å². The first-order valence-electron chi connectivity index (χ1n) is 10.5. The Labute approximate surface area is 163 Å². The maximum absolute atomic E-state index is 12.6. The van der Waals surface area contributed by atoms with Crippen LogP contribution in [0.25, 0.3) is 0 Å². The molecule has 2 N–H and O–H groups in total. The molecule has 1 aliphatic carbocycles. The van der Waals surface area contributed by atoms with Crippen LogP contribution in [-0.2, 0) is 19.0 Å². The third-order valence-corrected chi connectivity index (χ3v) is 5.67. The van der Waals surface area contributed by atoms with E-state index in [0.717, 1.165) is 45.3 Å². The third kappa shape index (κ3) is 8.03. The highest BCUT2D eigenvalue weighted by molar-refractivity contribution is 5.81. The van der Waals surface area contributed by atoms with Gasteiger partial charge in [-0.15, -0.1) is 0 Å². The van der Waals surface area contributed by atoms with E-state index >= 15 is 0 Å². The molecule has 1 aliphatic heterocycles. The van der Waals surface area contributed by atoms with Gasteiger partial charge in [0.1, 0.15) is 0 Å². The molecule has 7 heteroatoms. The number of rotatable bonds is 11. The zero-order valence-electron chi connectivity index (χ0n) is 17.0. The summed E-state index contributed by atoms with van der Waals surface area (Å²) in [5.41, 5.74) is 0. The van der Waals surface area contributed by atoms with Gasteiger partial charge >= 0.3 is 0 Å². The Hall–Kier alpha value is -0.730. The standard InChI is InChI=1S/C20H38N2O5/c1-25-14-12-22(13-15-26-2)11-10-17-8-9-18(23)19(27-17)20(24)21-16-6-4-3-5-7-16/h16-19,23H,3-15H2,1-2H3,(H,21,24)/t17-,18-,19-/m0/s1. The van der Waals surface area contributed by atoms with Crippen molar-refractivity contribution >= 4 is 5.91 Å². The predicted molar refractivity (Wildman–Crippen MR) is 104 cm³/mol. The van der Waals surface area contributed by atoms with Crippen LogP contribution in [0.3, 0.4) is 0 Å². The summed E-state index contributed by atoms with van der Waals surface area (Å²) in [7, 11) is 3.41. The Morgan fingerprint density at radius 2 is 1.70 bits per heavy atom. The number of ether oxygens (including phenoxy) is 3. The van der Waals surface area contributed by atoms with Gasteiger partial charge < -0.3 is 24.6 Å². The lowest BCUT2D eigenvalue weighted by Gasteiger charge is -2.35. The maximum atomic E-state index is 12.6. The Morgan fingerprint density at radius 1 is 1.04 bits per heavy atom. The van der Waals surface area contributed by atoms with Gasteiger partial charge in [-0.25, -0.2) is 0 Å². The molecule has 0 aromatic rings. The second-order valence-corrected chi connectivity index (χ2v) is 7.78. The van der Waals surface area contributed by atoms with Crippen molar-refractivity contribution in [2.45, 2.75) is 75.7 Å². The molecule has 2 fully saturated rings. The average Bonchev–Trinajstić information content (AvgIpc) is 2.69. The van der Waals surface area contributed by atoms with Crippen molar-refractivity contribution in [2.24, 2.45) is 0 Å². The van der Waals surface area contributed by atoms with E-state index in [-0.39, 0.29) is 18.1 Å². The van der Waals surface area contributed by atoms with Crippen LogP contribution in [0.4, 0.5) is 0 Å². The summed E-state index contributed by atoms with van der Waals surface area (Å²) in [6.45, 7) is 3.92. The van der Waals surface area contributed by atoms with E-state index in [4.69, 9.17) is 14.2 Å². The first kappa shape index (κ1) is 22.6. The van der Waals surface area contributed by atoms with E-state index in [1.165, 1.54) is 19.3 Å². The zero-order valence-corrected chi connectivity index (χ0v) is 17.0. The molecule has 0 aromatic heterocycles. The van der Waals surface area contributed by atoms with Gasteiger partial charge in [0.2, 0.25) is 0 Å². The van der Waals surface area contributed by atoms with Crippen LogP contribution in [-0.4, -0.2) is 87.3 Å². The molecule has 0 unspecified atom stereocenters. The van der Waals surface area contributed by atoms with Crippen LogP contribution < -0.4 is 5.32 Å². The van der Waals surface area contributed by atoms with Gasteiger partial charge in [-0.05, 0) is 32.1 Å². The molecule has 158 valence electrons. The number of aliphatic hydroxyl groups is 1. The molecular formula is C20H38N2O5. The van der Waals surface area contributed by atoms with Crippen molar-refractivity contribution < 1.29 is 24.1 Å². The minimum atomic E-state index is -0.739. The fraction of sp³-hybridized carbons (Fsp3) is 0.950. The highest BCUT2D eigenvalue weighted by atomic mass is 16.5. The summed E-state index contributed by atoms with van der Waals surface area (Å²) in [5.74, 6) is -0.144. The second-order valence-electron chi connectivity index (χ2n) is 7.78. The number of carbonyl (C=O) groups excluding carboxylic acids is 1. The van der Waals surface area contributed by atoms with E-state index in [1.54, 1.807) is 14.2 Å². The van der Waals surface area contributed by atoms with Crippen LogP contribution in [0.1, 0.15) is 51.4 Å². The molecule has 0 radical (unpaired) electrons. The topological polar surface area (TPSA) is 80.3 Å². The Morgan fingerprint density at radius 3 is 2.33 bits per heavy atom. The molecule has 27 heavy (non-hydrogen) atoms. The van der Waals surface area contributed by atoms with Crippen LogP contribution in [0.2, 0.25) is 0 Å². The summed E-state index contributed by atoms with van der Waals surface area (Å²) < 4.78 is 16.4. The summed E-state index contributed by atoms with van der Waals surface area (Å²) in [6, 6.07) is 0.237. The second kappa shape index (κ2) is 12.7. The summed E-state index contributed by atoms with van der Waals surface area (Å²) >= 11 is 0. The van der Waals surface area contributed by atoms with Crippen LogP contribution in [0, 0.1) is 0 Å². The largest absolute Gasteiger partial charge is 0.390 e. The van der Waals surface area contributed by atoms with Crippen molar-refractivity contribution in [1.82, 2.24) is 10.2 Å². The molecule has 2 rings (SSSR count). The van der Waals surface area contributed by atoms with E-state index in [0.29, 0.717) is 19.6 Å².